The third-order valence-corrected chi connectivity index (χ3v) is 7.12. The highest BCUT2D eigenvalue weighted by Gasteiger charge is 2.39. The van der Waals surface area contributed by atoms with Crippen molar-refractivity contribution in [3.63, 3.8) is 0 Å². The lowest BCUT2D eigenvalue weighted by molar-refractivity contribution is -0.160. The minimum atomic E-state index is -0.562. The van der Waals surface area contributed by atoms with Gasteiger partial charge in [0.05, 0.1) is 0 Å². The molecule has 158 valence electrons. The first kappa shape index (κ1) is 22.4. The molecule has 0 aliphatic carbocycles. The van der Waals surface area contributed by atoms with E-state index in [1.165, 1.54) is 6.92 Å². The van der Waals surface area contributed by atoms with E-state index in [0.717, 1.165) is 16.7 Å². The molecule has 1 amide bonds. The fraction of sp³-hybridized carbons (Fsp3) is 0.348. The number of thioether (sulfide) groups is 2. The molecule has 0 unspecified atom stereocenters. The van der Waals surface area contributed by atoms with Gasteiger partial charge in [-0.1, -0.05) is 67.2 Å². The monoisotopic (exact) mass is 443 g/mol. The highest BCUT2D eigenvalue weighted by Crippen LogP contribution is 2.34. The topological polar surface area (TPSA) is 63.7 Å². The molecule has 0 spiro atoms. The van der Waals surface area contributed by atoms with Crippen LogP contribution in [-0.4, -0.2) is 45.7 Å². The normalized spacial score (nSPS) is 19.3. The summed E-state index contributed by atoms with van der Waals surface area (Å²) in [5, 5.41) is 0.0946. The quantitative estimate of drug-likeness (QED) is 0.588. The fourth-order valence-corrected chi connectivity index (χ4v) is 5.33. The van der Waals surface area contributed by atoms with E-state index in [4.69, 9.17) is 4.74 Å². The number of hydrogen-bond donors (Lipinski definition) is 0. The summed E-state index contributed by atoms with van der Waals surface area (Å²) in [4.78, 5) is 39.7. The summed E-state index contributed by atoms with van der Waals surface area (Å²) in [5.41, 5.74) is 0.625. The number of ether oxygens (including phenoxy) is 1. The molecule has 0 saturated carbocycles. The molecular weight excluding hydrogens is 418 g/mol. The Bertz CT molecular complexity index is 875. The van der Waals surface area contributed by atoms with Gasteiger partial charge in [-0.25, -0.2) is 0 Å². The Hall–Kier alpha value is -2.25. The number of likely N-dealkylation sites (tertiary alicyclic amines) is 1. The van der Waals surface area contributed by atoms with Gasteiger partial charge in [0.25, 0.3) is 0 Å². The lowest BCUT2D eigenvalue weighted by atomic mass is 10.2. The standard InChI is InChI=1S/C23H25NO4S2/c1-16(15-29-23(27)18-9-5-3-6-10-18)22(26)24-14-20(13-21(24)28-17(2)25)30-19-11-7-4-8-12-19/h3-12,16,20-21H,13-15H2,1-2H3/t16-,20+,21-/m1/s1. The fourth-order valence-electron chi connectivity index (χ4n) is 3.29. The van der Waals surface area contributed by atoms with Gasteiger partial charge in [0, 0.05) is 47.3 Å². The number of benzene rings is 2. The van der Waals surface area contributed by atoms with Crippen molar-refractivity contribution in [3.8, 4) is 0 Å². The van der Waals surface area contributed by atoms with Crippen LogP contribution in [0.1, 0.15) is 30.6 Å². The lowest BCUT2D eigenvalue weighted by Crippen LogP contribution is -2.41. The molecule has 1 saturated heterocycles. The minimum absolute atomic E-state index is 0.0503. The summed E-state index contributed by atoms with van der Waals surface area (Å²) in [6.07, 6.45) is 0.0294. The third kappa shape index (κ3) is 6.12. The van der Waals surface area contributed by atoms with Crippen molar-refractivity contribution in [2.24, 2.45) is 5.92 Å². The second kappa shape index (κ2) is 10.7. The van der Waals surface area contributed by atoms with Crippen LogP contribution in [0.15, 0.2) is 65.6 Å². The van der Waals surface area contributed by atoms with E-state index >= 15 is 0 Å². The Morgan fingerprint density at radius 3 is 2.33 bits per heavy atom. The van der Waals surface area contributed by atoms with E-state index in [-0.39, 0.29) is 22.2 Å². The average Bonchev–Trinajstić information content (AvgIpc) is 3.13. The average molecular weight is 444 g/mol. The summed E-state index contributed by atoms with van der Waals surface area (Å²) >= 11 is 2.83. The minimum Gasteiger partial charge on any atom is -0.442 e. The van der Waals surface area contributed by atoms with E-state index in [9.17, 15) is 14.4 Å². The summed E-state index contributed by atoms with van der Waals surface area (Å²) < 4.78 is 5.44. The van der Waals surface area contributed by atoms with Gasteiger partial charge in [0.1, 0.15) is 0 Å². The van der Waals surface area contributed by atoms with Crippen molar-refractivity contribution in [1.82, 2.24) is 4.90 Å². The summed E-state index contributed by atoms with van der Waals surface area (Å²) in [6, 6.07) is 19.0. The number of carbonyl (C=O) groups excluding carboxylic acids is 3. The second-order valence-electron chi connectivity index (χ2n) is 7.21. The predicted molar refractivity (Wildman–Crippen MR) is 120 cm³/mol. The number of nitrogens with zero attached hydrogens (tertiary/aromatic N) is 1. The van der Waals surface area contributed by atoms with Crippen molar-refractivity contribution in [3.05, 3.63) is 66.2 Å². The molecule has 7 heteroatoms. The van der Waals surface area contributed by atoms with Gasteiger partial charge in [-0.3, -0.25) is 14.4 Å². The molecule has 1 aliphatic heterocycles. The predicted octanol–water partition coefficient (Wildman–Crippen LogP) is 4.48. The zero-order chi connectivity index (χ0) is 21.5. The van der Waals surface area contributed by atoms with Crippen LogP contribution < -0.4 is 0 Å². The Morgan fingerprint density at radius 1 is 1.07 bits per heavy atom. The number of hydrogen-bond acceptors (Lipinski definition) is 6. The molecule has 0 N–H and O–H groups in total. The smallest absolute Gasteiger partial charge is 0.304 e. The van der Waals surface area contributed by atoms with Gasteiger partial charge in [0.2, 0.25) is 11.0 Å². The van der Waals surface area contributed by atoms with Gasteiger partial charge in [-0.2, -0.15) is 0 Å². The van der Waals surface area contributed by atoms with E-state index in [1.54, 1.807) is 28.8 Å². The van der Waals surface area contributed by atoms with E-state index in [2.05, 4.69) is 0 Å². The Balaban J connectivity index is 1.60. The highest BCUT2D eigenvalue weighted by molar-refractivity contribution is 8.14. The first-order valence-electron chi connectivity index (χ1n) is 9.85. The molecule has 5 nitrogen and oxygen atoms in total. The number of carbonyl (C=O) groups is 3. The van der Waals surface area contributed by atoms with Crippen LogP contribution in [0, 0.1) is 5.92 Å². The summed E-state index contributed by atoms with van der Waals surface area (Å²) in [6.45, 7) is 3.69. The number of esters is 1. The van der Waals surface area contributed by atoms with Crippen molar-refractivity contribution in [1.29, 1.82) is 0 Å². The van der Waals surface area contributed by atoms with Crippen LogP contribution in [0.2, 0.25) is 0 Å². The molecule has 1 aliphatic rings. The first-order chi connectivity index (χ1) is 14.4. The second-order valence-corrected chi connectivity index (χ2v) is 9.58. The zero-order valence-corrected chi connectivity index (χ0v) is 18.7. The first-order valence-corrected chi connectivity index (χ1v) is 11.7. The number of rotatable bonds is 7. The Labute approximate surface area is 185 Å². The maximum atomic E-state index is 13.1. The van der Waals surface area contributed by atoms with Crippen molar-refractivity contribution in [2.45, 2.75) is 36.6 Å². The van der Waals surface area contributed by atoms with E-state index in [1.807, 2.05) is 55.5 Å². The van der Waals surface area contributed by atoms with E-state index in [0.29, 0.717) is 24.3 Å². The number of amides is 1. The molecule has 0 bridgehead atoms. The van der Waals surface area contributed by atoms with Crippen molar-refractivity contribution in [2.75, 3.05) is 12.3 Å². The van der Waals surface area contributed by atoms with Crippen LogP contribution in [0.3, 0.4) is 0 Å². The van der Waals surface area contributed by atoms with Gasteiger partial charge in [0.15, 0.2) is 6.23 Å². The summed E-state index contributed by atoms with van der Waals surface area (Å²) in [5.74, 6) is -0.469. The van der Waals surface area contributed by atoms with Gasteiger partial charge >= 0.3 is 5.97 Å². The molecule has 2 aromatic rings. The SMILES string of the molecule is CC(=O)O[C@@H]1C[C@H](Sc2ccccc2)CN1C(=O)[C@H](C)CSC(=O)c1ccccc1. The summed E-state index contributed by atoms with van der Waals surface area (Å²) in [7, 11) is 0. The van der Waals surface area contributed by atoms with Gasteiger partial charge in [-0.05, 0) is 12.1 Å². The van der Waals surface area contributed by atoms with Crippen LogP contribution in [0.4, 0.5) is 0 Å². The van der Waals surface area contributed by atoms with Crippen LogP contribution >= 0.6 is 23.5 Å². The van der Waals surface area contributed by atoms with Crippen LogP contribution in [-0.2, 0) is 14.3 Å². The molecule has 3 atom stereocenters. The largest absolute Gasteiger partial charge is 0.442 e. The highest BCUT2D eigenvalue weighted by atomic mass is 32.2. The van der Waals surface area contributed by atoms with Crippen LogP contribution in [0.5, 0.6) is 0 Å². The van der Waals surface area contributed by atoms with Crippen LogP contribution in [0.25, 0.3) is 0 Å². The molecule has 1 fully saturated rings. The Morgan fingerprint density at radius 2 is 1.70 bits per heavy atom. The molecule has 30 heavy (non-hydrogen) atoms. The maximum absolute atomic E-state index is 13.1. The van der Waals surface area contributed by atoms with E-state index < -0.39 is 12.2 Å². The molecule has 2 aromatic carbocycles. The molecule has 1 heterocycles. The van der Waals surface area contributed by atoms with Crippen molar-refractivity contribution >= 4 is 40.5 Å². The molecule has 3 rings (SSSR count). The van der Waals surface area contributed by atoms with Crippen molar-refractivity contribution < 1.29 is 19.1 Å². The molecule has 0 radical (unpaired) electrons. The van der Waals surface area contributed by atoms with Gasteiger partial charge < -0.3 is 9.64 Å². The van der Waals surface area contributed by atoms with Gasteiger partial charge in [-0.15, -0.1) is 11.8 Å². The third-order valence-electron chi connectivity index (χ3n) is 4.74. The lowest BCUT2D eigenvalue weighted by Gasteiger charge is -2.26. The Kier molecular flexibility index (Phi) is 7.99. The zero-order valence-electron chi connectivity index (χ0n) is 17.0. The molecular formula is C23H25NO4S2. The maximum Gasteiger partial charge on any atom is 0.304 e. The molecule has 0 aromatic heterocycles.